The minimum atomic E-state index is -3.76. The van der Waals surface area contributed by atoms with Gasteiger partial charge < -0.3 is 5.32 Å². The molecule has 0 radical (unpaired) electrons. The summed E-state index contributed by atoms with van der Waals surface area (Å²) in [5, 5.41) is 11.8. The van der Waals surface area contributed by atoms with E-state index < -0.39 is 10.0 Å². The molecule has 2 aromatic rings. The largest absolute Gasteiger partial charge is 0.322 e. The van der Waals surface area contributed by atoms with Crippen LogP contribution in [0.25, 0.3) is 0 Å². The molecule has 1 amide bonds. The first-order chi connectivity index (χ1) is 9.70. The number of hydrogen-bond donors (Lipinski definition) is 2. The number of primary sulfonamides is 1. The van der Waals surface area contributed by atoms with E-state index in [1.54, 1.807) is 31.6 Å². The van der Waals surface area contributed by atoms with Crippen molar-refractivity contribution in [3.05, 3.63) is 41.2 Å². The van der Waals surface area contributed by atoms with E-state index >= 15 is 0 Å². The number of carbonyl (C=O) groups excluding carboxylic acids is 1. The van der Waals surface area contributed by atoms with Crippen LogP contribution < -0.4 is 10.5 Å². The van der Waals surface area contributed by atoms with E-state index in [2.05, 4.69) is 10.4 Å². The Morgan fingerprint density at radius 3 is 2.48 bits per heavy atom. The van der Waals surface area contributed by atoms with Gasteiger partial charge in [0.15, 0.2) is 0 Å². The zero-order chi connectivity index (χ0) is 15.8. The number of amides is 1. The summed E-state index contributed by atoms with van der Waals surface area (Å²) in [6, 6.07) is 4.43. The number of nitrogens with one attached hydrogen (secondary N) is 1. The van der Waals surface area contributed by atoms with Crippen molar-refractivity contribution in [3.63, 3.8) is 0 Å². The van der Waals surface area contributed by atoms with Crippen LogP contribution in [-0.2, 0) is 17.1 Å². The lowest BCUT2D eigenvalue weighted by Gasteiger charge is -2.08. The van der Waals surface area contributed by atoms with Crippen LogP contribution >= 0.6 is 0 Å². The van der Waals surface area contributed by atoms with Crippen LogP contribution in [0.5, 0.6) is 0 Å². The van der Waals surface area contributed by atoms with Crippen molar-refractivity contribution < 1.29 is 13.2 Å². The maximum atomic E-state index is 12.1. The highest BCUT2D eigenvalue weighted by Gasteiger charge is 2.15. The van der Waals surface area contributed by atoms with Gasteiger partial charge in [-0.3, -0.25) is 9.48 Å². The van der Waals surface area contributed by atoms with Gasteiger partial charge in [-0.05, 0) is 37.6 Å². The Kier molecular flexibility index (Phi) is 3.84. The molecular formula is C13H16N4O3S. The van der Waals surface area contributed by atoms with Gasteiger partial charge in [0.2, 0.25) is 10.0 Å². The number of carbonyl (C=O) groups is 1. The fourth-order valence-corrected chi connectivity index (χ4v) is 2.73. The quantitative estimate of drug-likeness (QED) is 0.879. The third-order valence-electron chi connectivity index (χ3n) is 3.22. The van der Waals surface area contributed by atoms with E-state index in [1.165, 1.54) is 18.3 Å². The Balaban J connectivity index is 2.27. The fraction of sp³-hybridized carbons (Fsp3) is 0.231. The van der Waals surface area contributed by atoms with Crippen molar-refractivity contribution in [1.29, 1.82) is 0 Å². The van der Waals surface area contributed by atoms with E-state index in [-0.39, 0.29) is 10.8 Å². The third-order valence-corrected chi connectivity index (χ3v) is 4.29. The van der Waals surface area contributed by atoms with Crippen LogP contribution in [-0.4, -0.2) is 24.1 Å². The first-order valence-electron chi connectivity index (χ1n) is 6.13. The van der Waals surface area contributed by atoms with Gasteiger partial charge in [0.25, 0.3) is 5.91 Å². The summed E-state index contributed by atoms with van der Waals surface area (Å²) in [6.07, 6.45) is 1.48. The van der Waals surface area contributed by atoms with Gasteiger partial charge in [0, 0.05) is 18.4 Å². The molecule has 7 nitrogen and oxygen atoms in total. The maximum Gasteiger partial charge on any atom is 0.259 e. The zero-order valence-electron chi connectivity index (χ0n) is 11.9. The molecule has 1 aromatic heterocycles. The number of rotatable bonds is 3. The molecule has 112 valence electrons. The van der Waals surface area contributed by atoms with Crippen LogP contribution in [0.2, 0.25) is 0 Å². The number of anilines is 1. The van der Waals surface area contributed by atoms with Crippen LogP contribution in [0.1, 0.15) is 21.6 Å². The van der Waals surface area contributed by atoms with E-state index in [1.807, 2.05) is 0 Å². The minimum absolute atomic E-state index is 0.0399. The Morgan fingerprint density at radius 2 is 2.00 bits per heavy atom. The van der Waals surface area contributed by atoms with Gasteiger partial charge in [-0.25, -0.2) is 13.6 Å². The van der Waals surface area contributed by atoms with Crippen LogP contribution in [0.3, 0.4) is 0 Å². The van der Waals surface area contributed by atoms with Crippen LogP contribution in [0, 0.1) is 13.8 Å². The number of sulfonamides is 1. The molecule has 21 heavy (non-hydrogen) atoms. The molecule has 0 spiro atoms. The number of hydrogen-bond acceptors (Lipinski definition) is 4. The average Bonchev–Trinajstić information content (AvgIpc) is 2.68. The van der Waals surface area contributed by atoms with Crippen molar-refractivity contribution in [2.24, 2.45) is 12.2 Å². The van der Waals surface area contributed by atoms with Crippen LogP contribution in [0.4, 0.5) is 5.69 Å². The van der Waals surface area contributed by atoms with Gasteiger partial charge in [-0.15, -0.1) is 0 Å². The Bertz CT molecular complexity index is 809. The number of benzene rings is 1. The summed E-state index contributed by atoms with van der Waals surface area (Å²) >= 11 is 0. The first kappa shape index (κ1) is 15.2. The summed E-state index contributed by atoms with van der Waals surface area (Å²) in [5.41, 5.74) is 2.17. The SMILES string of the molecule is Cc1cc(NC(=O)c2cnn(C)c2C)ccc1S(N)(=O)=O. The third kappa shape index (κ3) is 3.11. The Morgan fingerprint density at radius 1 is 1.33 bits per heavy atom. The lowest BCUT2D eigenvalue weighted by Crippen LogP contribution is -2.15. The highest BCUT2D eigenvalue weighted by Crippen LogP contribution is 2.19. The minimum Gasteiger partial charge on any atom is -0.322 e. The van der Waals surface area contributed by atoms with E-state index in [9.17, 15) is 13.2 Å². The maximum absolute atomic E-state index is 12.1. The van der Waals surface area contributed by atoms with Gasteiger partial charge in [0.05, 0.1) is 16.7 Å². The van der Waals surface area contributed by atoms with E-state index in [4.69, 9.17) is 5.14 Å². The van der Waals surface area contributed by atoms with E-state index in [0.717, 1.165) is 5.69 Å². The first-order valence-corrected chi connectivity index (χ1v) is 7.68. The molecule has 0 saturated carbocycles. The summed E-state index contributed by atoms with van der Waals surface area (Å²) < 4.78 is 24.3. The summed E-state index contributed by atoms with van der Waals surface area (Å²) in [6.45, 7) is 3.40. The van der Waals surface area contributed by atoms with Crippen LogP contribution in [0.15, 0.2) is 29.3 Å². The second-order valence-electron chi connectivity index (χ2n) is 4.75. The number of nitrogens with zero attached hydrogens (tertiary/aromatic N) is 2. The number of aromatic nitrogens is 2. The Hall–Kier alpha value is -2.19. The van der Waals surface area contributed by atoms with Gasteiger partial charge >= 0.3 is 0 Å². The predicted octanol–water partition coefficient (Wildman–Crippen LogP) is 0.937. The molecule has 0 fully saturated rings. The van der Waals surface area contributed by atoms with Crippen molar-refractivity contribution >= 4 is 21.6 Å². The van der Waals surface area contributed by atoms with Crippen molar-refractivity contribution in [3.8, 4) is 0 Å². The van der Waals surface area contributed by atoms with E-state index in [0.29, 0.717) is 16.8 Å². The van der Waals surface area contributed by atoms with Gasteiger partial charge in [0.1, 0.15) is 0 Å². The molecule has 3 N–H and O–H groups in total. The molecule has 0 aliphatic carbocycles. The smallest absolute Gasteiger partial charge is 0.259 e. The van der Waals surface area contributed by atoms with Crippen molar-refractivity contribution in [2.45, 2.75) is 18.7 Å². The summed E-state index contributed by atoms with van der Waals surface area (Å²) in [4.78, 5) is 12.2. The van der Waals surface area contributed by atoms with Gasteiger partial charge in [-0.1, -0.05) is 0 Å². The molecule has 1 aromatic carbocycles. The van der Waals surface area contributed by atoms with Crippen molar-refractivity contribution in [1.82, 2.24) is 9.78 Å². The molecule has 0 bridgehead atoms. The molecule has 0 unspecified atom stereocenters. The normalized spacial score (nSPS) is 11.4. The molecule has 0 saturated heterocycles. The molecule has 1 heterocycles. The standard InChI is InChI=1S/C13H16N4O3S/c1-8-6-10(4-5-12(8)21(14,19)20)16-13(18)11-7-15-17(3)9(11)2/h4-7H,1-3H3,(H,16,18)(H2,14,19,20). The number of nitrogens with two attached hydrogens (primary N) is 1. The predicted molar refractivity (Wildman–Crippen MR) is 78.5 cm³/mol. The summed E-state index contributed by atoms with van der Waals surface area (Å²) in [7, 11) is -2.01. The lowest BCUT2D eigenvalue weighted by molar-refractivity contribution is 0.102. The lowest BCUT2D eigenvalue weighted by atomic mass is 10.2. The molecule has 0 aliphatic rings. The topological polar surface area (TPSA) is 107 Å². The zero-order valence-corrected chi connectivity index (χ0v) is 12.7. The molecule has 0 atom stereocenters. The Labute approximate surface area is 122 Å². The molecule has 2 rings (SSSR count). The second kappa shape index (κ2) is 5.30. The van der Waals surface area contributed by atoms with Crippen molar-refractivity contribution in [2.75, 3.05) is 5.32 Å². The highest BCUT2D eigenvalue weighted by atomic mass is 32.2. The van der Waals surface area contributed by atoms with Gasteiger partial charge in [-0.2, -0.15) is 5.10 Å². The highest BCUT2D eigenvalue weighted by molar-refractivity contribution is 7.89. The molecule has 0 aliphatic heterocycles. The summed E-state index contributed by atoms with van der Waals surface area (Å²) in [5.74, 6) is -0.302. The fourth-order valence-electron chi connectivity index (χ4n) is 1.97. The monoisotopic (exact) mass is 308 g/mol. The molecule has 8 heteroatoms. The molecular weight excluding hydrogens is 292 g/mol. The second-order valence-corrected chi connectivity index (χ2v) is 6.28. The number of aryl methyl sites for hydroxylation is 2. The average molecular weight is 308 g/mol.